The molecule has 0 unspecified atom stereocenters. The first kappa shape index (κ1) is 14.2. The third-order valence-electron chi connectivity index (χ3n) is 4.48. The van der Waals surface area contributed by atoms with Gasteiger partial charge in [-0.1, -0.05) is 0 Å². The second-order valence-electron chi connectivity index (χ2n) is 6.07. The molecule has 1 aromatic rings. The summed E-state index contributed by atoms with van der Waals surface area (Å²) in [7, 11) is 0. The third kappa shape index (κ3) is 2.89. The van der Waals surface area contributed by atoms with Crippen LogP contribution in [-0.4, -0.2) is 77.7 Å². The Morgan fingerprint density at radius 1 is 1.05 bits per heavy atom. The number of anilines is 1. The van der Waals surface area contributed by atoms with Crippen molar-refractivity contribution in [2.45, 2.75) is 18.8 Å². The van der Waals surface area contributed by atoms with E-state index in [1.807, 2.05) is 9.80 Å². The maximum Gasteiger partial charge on any atom is 0.320 e. The van der Waals surface area contributed by atoms with Crippen LogP contribution in [0.3, 0.4) is 0 Å². The quantitative estimate of drug-likeness (QED) is 0.812. The van der Waals surface area contributed by atoms with E-state index in [0.29, 0.717) is 32.2 Å². The molecule has 2 aliphatic heterocycles. The van der Waals surface area contributed by atoms with Gasteiger partial charge >= 0.3 is 6.03 Å². The van der Waals surface area contributed by atoms with Crippen LogP contribution in [0.5, 0.6) is 0 Å². The SMILES string of the molecule is O=C(N1CCOCC1)N1CCN(c2nc(C3CC3)ns2)CC1. The van der Waals surface area contributed by atoms with Crippen molar-refractivity contribution in [3.63, 3.8) is 0 Å². The number of nitrogens with zero attached hydrogens (tertiary/aromatic N) is 5. The minimum Gasteiger partial charge on any atom is -0.378 e. The summed E-state index contributed by atoms with van der Waals surface area (Å²) in [6.45, 7) is 5.93. The molecule has 1 aliphatic carbocycles. The summed E-state index contributed by atoms with van der Waals surface area (Å²) >= 11 is 1.50. The molecule has 0 aromatic carbocycles. The van der Waals surface area contributed by atoms with Crippen LogP contribution >= 0.6 is 11.5 Å². The van der Waals surface area contributed by atoms with Crippen LogP contribution in [0.2, 0.25) is 0 Å². The van der Waals surface area contributed by atoms with Gasteiger partial charge in [-0.3, -0.25) is 0 Å². The van der Waals surface area contributed by atoms with Gasteiger partial charge in [-0.15, -0.1) is 0 Å². The Balaban J connectivity index is 1.32. The lowest BCUT2D eigenvalue weighted by Crippen LogP contribution is -2.54. The van der Waals surface area contributed by atoms with E-state index in [1.165, 1.54) is 24.4 Å². The topological polar surface area (TPSA) is 61.8 Å². The van der Waals surface area contributed by atoms with Gasteiger partial charge in [0, 0.05) is 56.7 Å². The van der Waals surface area contributed by atoms with E-state index in [1.54, 1.807) is 0 Å². The molecule has 1 aromatic heterocycles. The number of amides is 2. The lowest BCUT2D eigenvalue weighted by Gasteiger charge is -2.38. The molecule has 2 amide bonds. The Kier molecular flexibility index (Phi) is 3.87. The second kappa shape index (κ2) is 6.00. The van der Waals surface area contributed by atoms with E-state index in [2.05, 4.69) is 14.3 Å². The van der Waals surface area contributed by atoms with Crippen LogP contribution in [0.15, 0.2) is 0 Å². The fourth-order valence-corrected chi connectivity index (χ4v) is 3.70. The largest absolute Gasteiger partial charge is 0.378 e. The molecule has 0 radical (unpaired) electrons. The highest BCUT2D eigenvalue weighted by Gasteiger charge is 2.30. The summed E-state index contributed by atoms with van der Waals surface area (Å²) in [5, 5.41) is 1.01. The van der Waals surface area contributed by atoms with E-state index < -0.39 is 0 Å². The summed E-state index contributed by atoms with van der Waals surface area (Å²) in [5.74, 6) is 1.63. The molecule has 0 atom stereocenters. The summed E-state index contributed by atoms with van der Waals surface area (Å²) in [4.78, 5) is 23.2. The maximum absolute atomic E-state index is 12.5. The third-order valence-corrected chi connectivity index (χ3v) is 5.27. The number of hydrogen-bond acceptors (Lipinski definition) is 6. The van der Waals surface area contributed by atoms with Crippen LogP contribution in [0.4, 0.5) is 9.93 Å². The smallest absolute Gasteiger partial charge is 0.320 e. The van der Waals surface area contributed by atoms with Crippen molar-refractivity contribution in [2.75, 3.05) is 57.4 Å². The predicted molar refractivity (Wildman–Crippen MR) is 83.5 cm³/mol. The average Bonchev–Trinajstić information content (AvgIpc) is 3.32. The molecule has 8 heteroatoms. The Morgan fingerprint density at radius 2 is 1.73 bits per heavy atom. The zero-order chi connectivity index (χ0) is 14.9. The van der Waals surface area contributed by atoms with Crippen molar-refractivity contribution < 1.29 is 9.53 Å². The number of ether oxygens (including phenoxy) is 1. The minimum atomic E-state index is 0.152. The van der Waals surface area contributed by atoms with Crippen molar-refractivity contribution in [1.82, 2.24) is 19.2 Å². The molecular weight excluding hydrogens is 302 g/mol. The zero-order valence-corrected chi connectivity index (χ0v) is 13.4. The van der Waals surface area contributed by atoms with Crippen LogP contribution in [0.25, 0.3) is 0 Å². The van der Waals surface area contributed by atoms with E-state index in [9.17, 15) is 4.79 Å². The number of piperazine rings is 1. The van der Waals surface area contributed by atoms with Gasteiger partial charge in [-0.05, 0) is 12.8 Å². The van der Waals surface area contributed by atoms with Gasteiger partial charge in [-0.25, -0.2) is 9.78 Å². The van der Waals surface area contributed by atoms with Crippen molar-refractivity contribution in [2.24, 2.45) is 0 Å². The Morgan fingerprint density at radius 3 is 2.41 bits per heavy atom. The first-order valence-electron chi connectivity index (χ1n) is 8.01. The molecule has 120 valence electrons. The summed E-state index contributed by atoms with van der Waals surface area (Å²) in [6, 6.07) is 0.152. The van der Waals surface area contributed by atoms with E-state index in [0.717, 1.165) is 37.1 Å². The fourth-order valence-electron chi connectivity index (χ4n) is 2.91. The van der Waals surface area contributed by atoms with Gasteiger partial charge in [-0.2, -0.15) is 4.37 Å². The van der Waals surface area contributed by atoms with Gasteiger partial charge in [0.25, 0.3) is 0 Å². The first-order valence-corrected chi connectivity index (χ1v) is 8.79. The summed E-state index contributed by atoms with van der Waals surface area (Å²) < 4.78 is 9.77. The molecular formula is C14H21N5O2S. The van der Waals surface area contributed by atoms with Crippen molar-refractivity contribution in [3.8, 4) is 0 Å². The molecule has 3 aliphatic rings. The lowest BCUT2D eigenvalue weighted by atomic mass is 10.3. The van der Waals surface area contributed by atoms with Crippen LogP contribution in [0.1, 0.15) is 24.6 Å². The zero-order valence-electron chi connectivity index (χ0n) is 12.6. The number of hydrogen-bond donors (Lipinski definition) is 0. The van der Waals surface area contributed by atoms with E-state index >= 15 is 0 Å². The number of aromatic nitrogens is 2. The van der Waals surface area contributed by atoms with Crippen molar-refractivity contribution in [3.05, 3.63) is 5.82 Å². The molecule has 0 bridgehead atoms. The minimum absolute atomic E-state index is 0.152. The monoisotopic (exact) mass is 323 g/mol. The number of urea groups is 1. The fraction of sp³-hybridized carbons (Fsp3) is 0.786. The molecule has 22 heavy (non-hydrogen) atoms. The van der Waals surface area contributed by atoms with Crippen molar-refractivity contribution >= 4 is 22.7 Å². The van der Waals surface area contributed by atoms with Crippen LogP contribution < -0.4 is 4.90 Å². The highest BCUT2D eigenvalue weighted by molar-refractivity contribution is 7.09. The molecule has 7 nitrogen and oxygen atoms in total. The Hall–Kier alpha value is -1.41. The molecule has 0 N–H and O–H groups in total. The lowest BCUT2D eigenvalue weighted by molar-refractivity contribution is 0.0428. The van der Waals surface area contributed by atoms with Crippen molar-refractivity contribution in [1.29, 1.82) is 0 Å². The van der Waals surface area contributed by atoms with Gasteiger partial charge in [0.05, 0.1) is 13.2 Å². The van der Waals surface area contributed by atoms with E-state index in [-0.39, 0.29) is 6.03 Å². The number of carbonyl (C=O) groups is 1. The van der Waals surface area contributed by atoms with Crippen LogP contribution in [-0.2, 0) is 4.74 Å². The van der Waals surface area contributed by atoms with Gasteiger partial charge in [0.2, 0.25) is 5.13 Å². The highest BCUT2D eigenvalue weighted by Crippen LogP contribution is 2.39. The maximum atomic E-state index is 12.5. The summed E-state index contributed by atoms with van der Waals surface area (Å²) in [6.07, 6.45) is 2.47. The molecule has 0 spiro atoms. The predicted octanol–water partition coefficient (Wildman–Crippen LogP) is 0.990. The molecule has 3 fully saturated rings. The van der Waals surface area contributed by atoms with Gasteiger partial charge in [0.1, 0.15) is 5.82 Å². The van der Waals surface area contributed by atoms with Gasteiger partial charge in [0.15, 0.2) is 0 Å². The van der Waals surface area contributed by atoms with Gasteiger partial charge < -0.3 is 19.4 Å². The van der Waals surface area contributed by atoms with Crippen LogP contribution in [0, 0.1) is 0 Å². The number of carbonyl (C=O) groups excluding carboxylic acids is 1. The molecule has 1 saturated carbocycles. The standard InChI is InChI=1S/C14H21N5O2S/c20-14(19-7-9-21-10-8-19)18-5-3-17(4-6-18)13-15-12(16-22-13)11-1-2-11/h11H,1-10H2. The summed E-state index contributed by atoms with van der Waals surface area (Å²) in [5.41, 5.74) is 0. The highest BCUT2D eigenvalue weighted by atomic mass is 32.1. The molecule has 4 rings (SSSR count). The Bertz CT molecular complexity index is 533. The Labute approximate surface area is 134 Å². The first-order chi connectivity index (χ1) is 10.8. The average molecular weight is 323 g/mol. The molecule has 2 saturated heterocycles. The number of morpholine rings is 1. The second-order valence-corrected chi connectivity index (χ2v) is 6.80. The van der Waals surface area contributed by atoms with E-state index in [4.69, 9.17) is 4.74 Å². The normalized spacial score (nSPS) is 23.0. The molecule has 3 heterocycles. The number of rotatable bonds is 2.